The molecule has 0 saturated carbocycles. The van der Waals surface area contributed by atoms with E-state index in [-0.39, 0.29) is 18.1 Å². The summed E-state index contributed by atoms with van der Waals surface area (Å²) in [6, 6.07) is 24.7. The molecule has 1 aromatic heterocycles. The average Bonchev–Trinajstić information content (AvgIpc) is 3.43. The number of hydrogen-bond acceptors (Lipinski definition) is 5. The third-order valence-electron chi connectivity index (χ3n) is 7.41. The number of piperazine rings is 1. The molecule has 1 amide bonds. The van der Waals surface area contributed by atoms with Gasteiger partial charge in [0.05, 0.1) is 17.6 Å². The van der Waals surface area contributed by atoms with Crippen LogP contribution in [0, 0.1) is 0 Å². The van der Waals surface area contributed by atoms with Gasteiger partial charge in [-0.05, 0) is 37.6 Å². The molecule has 2 aliphatic heterocycles. The molecule has 6 rings (SSSR count). The predicted molar refractivity (Wildman–Crippen MR) is 147 cm³/mol. The molecule has 3 heterocycles. The molecule has 0 aliphatic carbocycles. The number of aromatic nitrogens is 2. The Balaban J connectivity index is 1.07. The van der Waals surface area contributed by atoms with Gasteiger partial charge in [-0.2, -0.15) is 0 Å². The van der Waals surface area contributed by atoms with Crippen molar-refractivity contribution >= 4 is 16.9 Å². The van der Waals surface area contributed by atoms with E-state index < -0.39 is 0 Å². The Morgan fingerprint density at radius 3 is 2.50 bits per heavy atom. The molecule has 1 saturated heterocycles. The summed E-state index contributed by atoms with van der Waals surface area (Å²) < 4.78 is 14.3. The number of carbonyl (C=O) groups excluding carboxylic acids is 1. The zero-order valence-electron chi connectivity index (χ0n) is 22.1. The zero-order chi connectivity index (χ0) is 26.1. The molecule has 0 radical (unpaired) electrons. The summed E-state index contributed by atoms with van der Waals surface area (Å²) in [6.45, 7) is 8.66. The van der Waals surface area contributed by atoms with Gasteiger partial charge in [0.1, 0.15) is 11.4 Å². The third-order valence-corrected chi connectivity index (χ3v) is 7.41. The van der Waals surface area contributed by atoms with Crippen LogP contribution in [0.4, 0.5) is 0 Å². The van der Waals surface area contributed by atoms with E-state index in [0.29, 0.717) is 18.8 Å². The molecule has 0 N–H and O–H groups in total. The van der Waals surface area contributed by atoms with Crippen LogP contribution in [-0.2, 0) is 24.3 Å². The molecule has 38 heavy (non-hydrogen) atoms. The van der Waals surface area contributed by atoms with Gasteiger partial charge in [0, 0.05) is 44.7 Å². The number of imidazole rings is 1. The number of amides is 1. The van der Waals surface area contributed by atoms with Crippen LogP contribution in [0.3, 0.4) is 0 Å². The molecule has 4 aromatic rings. The molecule has 2 aliphatic rings. The van der Waals surface area contributed by atoms with Crippen LogP contribution in [0.2, 0.25) is 0 Å². The second-order valence-corrected chi connectivity index (χ2v) is 10.8. The van der Waals surface area contributed by atoms with Crippen molar-refractivity contribution in [3.63, 3.8) is 0 Å². The maximum absolute atomic E-state index is 13.0. The van der Waals surface area contributed by atoms with Crippen molar-refractivity contribution < 1.29 is 14.3 Å². The number of rotatable bonds is 7. The largest absolute Gasteiger partial charge is 0.483 e. The molecule has 196 valence electrons. The average molecular weight is 511 g/mol. The monoisotopic (exact) mass is 510 g/mol. The fourth-order valence-corrected chi connectivity index (χ4v) is 5.48. The Bertz CT molecular complexity index is 1440. The second kappa shape index (κ2) is 10.1. The second-order valence-electron chi connectivity index (χ2n) is 10.8. The van der Waals surface area contributed by atoms with Gasteiger partial charge in [0.25, 0.3) is 5.91 Å². The quantitative estimate of drug-likeness (QED) is 0.366. The van der Waals surface area contributed by atoms with Crippen molar-refractivity contribution in [3.8, 4) is 11.5 Å². The molecule has 7 nitrogen and oxygen atoms in total. The van der Waals surface area contributed by atoms with Crippen LogP contribution in [0.1, 0.15) is 30.8 Å². The number of carbonyl (C=O) groups is 1. The normalized spacial score (nSPS) is 16.8. The highest BCUT2D eigenvalue weighted by Crippen LogP contribution is 2.41. The summed E-state index contributed by atoms with van der Waals surface area (Å²) >= 11 is 0. The summed E-state index contributed by atoms with van der Waals surface area (Å²) in [4.78, 5) is 22.2. The lowest BCUT2D eigenvalue weighted by molar-refractivity contribution is -0.135. The van der Waals surface area contributed by atoms with Crippen LogP contribution >= 0.6 is 0 Å². The Labute approximate surface area is 223 Å². The molecule has 0 unspecified atom stereocenters. The summed E-state index contributed by atoms with van der Waals surface area (Å²) in [5.41, 5.74) is 4.31. The molecule has 0 spiro atoms. The number of fused-ring (bicyclic) bond motifs is 2. The van der Waals surface area contributed by atoms with Gasteiger partial charge in [0.15, 0.2) is 18.1 Å². The number of hydrogen-bond donors (Lipinski definition) is 0. The van der Waals surface area contributed by atoms with Gasteiger partial charge in [0.2, 0.25) is 0 Å². The van der Waals surface area contributed by atoms with Crippen LogP contribution < -0.4 is 9.47 Å². The lowest BCUT2D eigenvalue weighted by Gasteiger charge is -2.34. The van der Waals surface area contributed by atoms with E-state index in [4.69, 9.17) is 14.5 Å². The first kappa shape index (κ1) is 24.5. The Kier molecular flexibility index (Phi) is 6.54. The summed E-state index contributed by atoms with van der Waals surface area (Å²) in [5, 5.41) is 0. The molecular weight excluding hydrogens is 476 g/mol. The Morgan fingerprint density at radius 1 is 0.921 bits per heavy atom. The Hall–Kier alpha value is -3.84. The van der Waals surface area contributed by atoms with E-state index in [1.807, 2.05) is 29.2 Å². The molecule has 0 atom stereocenters. The van der Waals surface area contributed by atoms with E-state index in [9.17, 15) is 4.79 Å². The first-order chi connectivity index (χ1) is 18.4. The third kappa shape index (κ3) is 5.11. The smallest absolute Gasteiger partial charge is 0.260 e. The minimum absolute atomic E-state index is 0.0100. The van der Waals surface area contributed by atoms with Gasteiger partial charge in [-0.25, -0.2) is 4.98 Å². The van der Waals surface area contributed by atoms with E-state index in [1.165, 1.54) is 5.56 Å². The van der Waals surface area contributed by atoms with Crippen molar-refractivity contribution in [1.29, 1.82) is 0 Å². The lowest BCUT2D eigenvalue weighted by Crippen LogP contribution is -2.49. The maximum atomic E-state index is 13.0. The van der Waals surface area contributed by atoms with Crippen molar-refractivity contribution in [2.75, 3.05) is 32.8 Å². The summed E-state index contributed by atoms with van der Waals surface area (Å²) in [6.07, 6.45) is 0.842. The van der Waals surface area contributed by atoms with Gasteiger partial charge in [-0.1, -0.05) is 54.6 Å². The molecule has 3 aromatic carbocycles. The minimum Gasteiger partial charge on any atom is -0.483 e. The van der Waals surface area contributed by atoms with Crippen molar-refractivity contribution in [2.24, 2.45) is 0 Å². The minimum atomic E-state index is -0.246. The highest BCUT2D eigenvalue weighted by Gasteiger charge is 2.32. The zero-order valence-corrected chi connectivity index (χ0v) is 22.1. The fraction of sp³-hybridized carbons (Fsp3) is 0.355. The van der Waals surface area contributed by atoms with Crippen LogP contribution in [-0.4, -0.2) is 63.6 Å². The van der Waals surface area contributed by atoms with E-state index in [0.717, 1.165) is 60.8 Å². The van der Waals surface area contributed by atoms with Gasteiger partial charge >= 0.3 is 0 Å². The molecule has 0 bridgehead atoms. The van der Waals surface area contributed by atoms with Crippen molar-refractivity contribution in [2.45, 2.75) is 39.0 Å². The van der Waals surface area contributed by atoms with Crippen LogP contribution in [0.15, 0.2) is 72.8 Å². The SMILES string of the molecule is CC1(C)Cc2cccc(OCC(=O)N3CCN(Cc4nc5ccccc5n4Cc4ccccc4)CC3)c2O1. The summed E-state index contributed by atoms with van der Waals surface area (Å²) in [7, 11) is 0. The van der Waals surface area contributed by atoms with E-state index in [2.05, 4.69) is 71.8 Å². The number of benzene rings is 3. The van der Waals surface area contributed by atoms with E-state index in [1.54, 1.807) is 0 Å². The van der Waals surface area contributed by atoms with Crippen LogP contribution in [0.25, 0.3) is 11.0 Å². The maximum Gasteiger partial charge on any atom is 0.260 e. The Morgan fingerprint density at radius 2 is 1.68 bits per heavy atom. The highest BCUT2D eigenvalue weighted by molar-refractivity contribution is 5.78. The fourth-order valence-electron chi connectivity index (χ4n) is 5.48. The van der Waals surface area contributed by atoms with Gasteiger partial charge in [-0.15, -0.1) is 0 Å². The number of ether oxygens (including phenoxy) is 2. The van der Waals surface area contributed by atoms with E-state index >= 15 is 0 Å². The van der Waals surface area contributed by atoms with Gasteiger partial charge in [-0.3, -0.25) is 9.69 Å². The summed E-state index contributed by atoms with van der Waals surface area (Å²) in [5.74, 6) is 2.49. The highest BCUT2D eigenvalue weighted by atomic mass is 16.5. The first-order valence-corrected chi connectivity index (χ1v) is 13.4. The molecule has 7 heteroatoms. The van der Waals surface area contributed by atoms with Gasteiger partial charge < -0.3 is 18.9 Å². The lowest BCUT2D eigenvalue weighted by atomic mass is 10.0. The number of nitrogens with zero attached hydrogens (tertiary/aromatic N) is 4. The topological polar surface area (TPSA) is 59.8 Å². The standard InChI is InChI=1S/C31H34N4O3/c1-31(2)19-24-11-8-14-27(30(24)38-31)37-22-29(36)34-17-15-33(16-18-34)21-28-32-25-12-6-7-13-26(25)35(28)20-23-9-4-3-5-10-23/h3-14H,15-22H2,1-2H3. The van der Waals surface area contributed by atoms with Crippen molar-refractivity contribution in [1.82, 2.24) is 19.4 Å². The molecular formula is C31H34N4O3. The predicted octanol–water partition coefficient (Wildman–Crippen LogP) is 4.52. The molecule has 1 fully saturated rings. The number of para-hydroxylation sites is 3. The van der Waals surface area contributed by atoms with Crippen LogP contribution in [0.5, 0.6) is 11.5 Å². The van der Waals surface area contributed by atoms with Crippen molar-refractivity contribution in [3.05, 3.63) is 89.7 Å². The first-order valence-electron chi connectivity index (χ1n) is 13.4.